The van der Waals surface area contributed by atoms with Gasteiger partial charge in [-0.3, -0.25) is 4.68 Å². The summed E-state index contributed by atoms with van der Waals surface area (Å²) in [6, 6.07) is 8.88. The molecule has 8 nitrogen and oxygen atoms in total. The summed E-state index contributed by atoms with van der Waals surface area (Å²) < 4.78 is 57.7. The van der Waals surface area contributed by atoms with Crippen LogP contribution in [0.2, 0.25) is 0 Å². The number of halogens is 4. The minimum Gasteiger partial charge on any atom is -0.402 e. The molecule has 5 rings (SSSR count). The Morgan fingerprint density at radius 1 is 1.16 bits per heavy atom. The maximum atomic E-state index is 13.7. The molecular weight excluding hydrogens is 492 g/mol. The first kappa shape index (κ1) is 24.8. The summed E-state index contributed by atoms with van der Waals surface area (Å²) in [7, 11) is 0. The Hall–Kier alpha value is -3.83. The van der Waals surface area contributed by atoms with Crippen LogP contribution in [-0.2, 0) is 17.5 Å². The first-order valence-corrected chi connectivity index (χ1v) is 11.8. The van der Waals surface area contributed by atoms with E-state index in [-0.39, 0.29) is 23.1 Å². The van der Waals surface area contributed by atoms with Gasteiger partial charge in [-0.05, 0) is 56.5 Å². The molecule has 3 N–H and O–H groups in total. The quantitative estimate of drug-likeness (QED) is 0.494. The standard InChI is InChI=1S/C25H26F4N6O2/c1-23(2,16-4-3-5-17(26)11-16)32-22(36)34-8-6-24(14-34)7-9-35-20(24)12-18(33-35)15-10-19(21(30)31-13-15)37-25(27,28)29/h3-5,10-13H,6-9,14H2,1-2H3,(H2,30,31)(H,32,36)/t24-/m1/s1. The fraction of sp³-hybridized carbons (Fsp3) is 0.400. The lowest BCUT2D eigenvalue weighted by Gasteiger charge is -2.30. The Balaban J connectivity index is 1.33. The lowest BCUT2D eigenvalue weighted by Crippen LogP contribution is -2.48. The van der Waals surface area contributed by atoms with Crippen molar-refractivity contribution >= 4 is 11.8 Å². The number of aryl methyl sites for hydroxylation is 1. The predicted octanol–water partition coefficient (Wildman–Crippen LogP) is 4.56. The van der Waals surface area contributed by atoms with Crippen molar-refractivity contribution in [2.45, 2.75) is 50.6 Å². The summed E-state index contributed by atoms with van der Waals surface area (Å²) in [5.41, 5.74) is 6.81. The Bertz CT molecular complexity index is 1360. The number of ether oxygens (including phenoxy) is 1. The van der Waals surface area contributed by atoms with E-state index in [2.05, 4.69) is 20.1 Å². The number of aromatic nitrogens is 3. The molecule has 1 atom stereocenters. The van der Waals surface area contributed by atoms with Crippen LogP contribution in [0.4, 0.5) is 28.2 Å². The molecule has 0 bridgehead atoms. The molecule has 2 aliphatic heterocycles. The number of carbonyl (C=O) groups is 1. The second kappa shape index (κ2) is 8.63. The molecule has 4 heterocycles. The first-order chi connectivity index (χ1) is 17.4. The van der Waals surface area contributed by atoms with E-state index in [4.69, 9.17) is 5.73 Å². The smallest absolute Gasteiger partial charge is 0.402 e. The minimum absolute atomic E-state index is 0.249. The average molecular weight is 519 g/mol. The van der Waals surface area contributed by atoms with Crippen molar-refractivity contribution < 1.29 is 27.1 Å². The van der Waals surface area contributed by atoms with Gasteiger partial charge >= 0.3 is 12.4 Å². The number of nitrogen functional groups attached to an aromatic ring is 1. The Morgan fingerprint density at radius 3 is 2.65 bits per heavy atom. The Labute approximate surface area is 210 Å². The van der Waals surface area contributed by atoms with Crippen molar-refractivity contribution in [3.05, 3.63) is 59.7 Å². The summed E-state index contributed by atoms with van der Waals surface area (Å²) in [5, 5.41) is 7.57. The fourth-order valence-corrected chi connectivity index (χ4v) is 5.16. The zero-order valence-corrected chi connectivity index (χ0v) is 20.3. The lowest BCUT2D eigenvalue weighted by molar-refractivity contribution is -0.274. The molecule has 0 unspecified atom stereocenters. The highest BCUT2D eigenvalue weighted by molar-refractivity contribution is 5.76. The summed E-state index contributed by atoms with van der Waals surface area (Å²) in [5.74, 6) is -1.33. The number of benzene rings is 1. The van der Waals surface area contributed by atoms with Crippen molar-refractivity contribution in [2.75, 3.05) is 18.8 Å². The van der Waals surface area contributed by atoms with Gasteiger partial charge in [0.1, 0.15) is 5.82 Å². The van der Waals surface area contributed by atoms with E-state index in [9.17, 15) is 22.4 Å². The van der Waals surface area contributed by atoms with Gasteiger partial charge < -0.3 is 20.7 Å². The molecule has 1 fully saturated rings. The number of carbonyl (C=O) groups excluding carboxylic acids is 1. The molecule has 1 spiro atoms. The number of urea groups is 1. The second-order valence-corrected chi connectivity index (χ2v) is 10.1. The van der Waals surface area contributed by atoms with Gasteiger partial charge in [0.15, 0.2) is 11.6 Å². The van der Waals surface area contributed by atoms with Crippen LogP contribution in [-0.4, -0.2) is 45.1 Å². The van der Waals surface area contributed by atoms with Crippen LogP contribution >= 0.6 is 0 Å². The van der Waals surface area contributed by atoms with E-state index in [1.54, 1.807) is 17.0 Å². The Morgan fingerprint density at radius 2 is 1.92 bits per heavy atom. The highest BCUT2D eigenvalue weighted by Crippen LogP contribution is 2.44. The number of alkyl halides is 3. The van der Waals surface area contributed by atoms with Crippen LogP contribution in [0.3, 0.4) is 0 Å². The number of pyridine rings is 1. The van der Waals surface area contributed by atoms with Crippen LogP contribution in [0.25, 0.3) is 11.3 Å². The van der Waals surface area contributed by atoms with Crippen LogP contribution in [0.5, 0.6) is 5.75 Å². The largest absolute Gasteiger partial charge is 0.573 e. The summed E-state index contributed by atoms with van der Waals surface area (Å²) in [6.45, 7) is 5.25. The highest BCUT2D eigenvalue weighted by atomic mass is 19.4. The molecule has 3 aromatic rings. The third-order valence-corrected chi connectivity index (χ3v) is 7.14. The Kier molecular flexibility index (Phi) is 5.80. The van der Waals surface area contributed by atoms with Gasteiger partial charge in [0.05, 0.1) is 11.2 Å². The molecule has 2 amide bonds. The highest BCUT2D eigenvalue weighted by Gasteiger charge is 2.47. The number of hydrogen-bond acceptors (Lipinski definition) is 5. The SMILES string of the molecule is CC(C)(NC(=O)N1CC[C@@]2(CCn3nc(-c4cnc(N)c(OC(F)(F)F)c4)cc32)C1)c1cccc(F)c1. The number of nitrogens with two attached hydrogens (primary N) is 1. The third-order valence-electron chi connectivity index (χ3n) is 7.14. The summed E-state index contributed by atoms with van der Waals surface area (Å²) in [4.78, 5) is 18.7. The molecule has 12 heteroatoms. The van der Waals surface area contributed by atoms with E-state index in [0.717, 1.165) is 12.1 Å². The van der Waals surface area contributed by atoms with E-state index in [1.807, 2.05) is 24.6 Å². The first-order valence-electron chi connectivity index (χ1n) is 11.8. The molecule has 1 saturated heterocycles. The molecule has 1 aromatic carbocycles. The second-order valence-electron chi connectivity index (χ2n) is 10.1. The maximum absolute atomic E-state index is 13.7. The van der Waals surface area contributed by atoms with Gasteiger partial charge in [-0.15, -0.1) is 13.2 Å². The van der Waals surface area contributed by atoms with Crippen LogP contribution in [0.15, 0.2) is 42.6 Å². The fourth-order valence-electron chi connectivity index (χ4n) is 5.16. The number of nitrogens with zero attached hydrogens (tertiary/aromatic N) is 4. The van der Waals surface area contributed by atoms with E-state index >= 15 is 0 Å². The molecule has 0 saturated carbocycles. The number of amides is 2. The van der Waals surface area contributed by atoms with E-state index < -0.39 is 17.7 Å². The monoisotopic (exact) mass is 518 g/mol. The maximum Gasteiger partial charge on any atom is 0.573 e. The molecular formula is C25H26F4N6O2. The number of rotatable bonds is 4. The van der Waals surface area contributed by atoms with E-state index in [0.29, 0.717) is 42.9 Å². The topological polar surface area (TPSA) is 98.3 Å². The lowest BCUT2D eigenvalue weighted by atomic mass is 9.82. The molecule has 0 radical (unpaired) electrons. The van der Waals surface area contributed by atoms with Crippen molar-refractivity contribution in [3.63, 3.8) is 0 Å². The van der Waals surface area contributed by atoms with Gasteiger partial charge in [0.2, 0.25) is 0 Å². The van der Waals surface area contributed by atoms with Gasteiger partial charge in [0.25, 0.3) is 0 Å². The summed E-state index contributed by atoms with van der Waals surface area (Å²) >= 11 is 0. The number of hydrogen-bond donors (Lipinski definition) is 2. The van der Waals surface area contributed by atoms with Crippen molar-refractivity contribution in [1.29, 1.82) is 0 Å². The molecule has 2 aliphatic rings. The molecule has 2 aromatic heterocycles. The van der Waals surface area contributed by atoms with Crippen LogP contribution in [0, 0.1) is 5.82 Å². The molecule has 0 aliphatic carbocycles. The van der Waals surface area contributed by atoms with Gasteiger partial charge in [-0.25, -0.2) is 14.2 Å². The van der Waals surface area contributed by atoms with Crippen LogP contribution < -0.4 is 15.8 Å². The normalized spacial score (nSPS) is 19.4. The number of nitrogens with one attached hydrogen (secondary N) is 1. The zero-order valence-electron chi connectivity index (χ0n) is 20.3. The van der Waals surface area contributed by atoms with Crippen molar-refractivity contribution in [1.82, 2.24) is 25.0 Å². The predicted molar refractivity (Wildman–Crippen MR) is 127 cm³/mol. The molecule has 37 heavy (non-hydrogen) atoms. The number of anilines is 1. The zero-order chi connectivity index (χ0) is 26.6. The van der Waals surface area contributed by atoms with Gasteiger partial charge in [-0.1, -0.05) is 12.1 Å². The number of likely N-dealkylation sites (tertiary alicyclic amines) is 1. The minimum atomic E-state index is -4.90. The van der Waals surface area contributed by atoms with Gasteiger partial charge in [-0.2, -0.15) is 5.10 Å². The van der Waals surface area contributed by atoms with Crippen molar-refractivity contribution in [2.24, 2.45) is 0 Å². The van der Waals surface area contributed by atoms with Gasteiger partial charge in [0, 0.05) is 42.5 Å². The van der Waals surface area contributed by atoms with Crippen molar-refractivity contribution in [3.8, 4) is 17.0 Å². The van der Waals surface area contributed by atoms with E-state index in [1.165, 1.54) is 24.4 Å². The summed E-state index contributed by atoms with van der Waals surface area (Å²) in [6.07, 6.45) is -2.04. The third kappa shape index (κ3) is 4.79. The number of fused-ring (bicyclic) bond motifs is 2. The average Bonchev–Trinajstić information content (AvgIpc) is 3.51. The molecule has 196 valence electrons. The van der Waals surface area contributed by atoms with Crippen LogP contribution in [0.1, 0.15) is 37.9 Å².